The maximum atomic E-state index is 13.0. The lowest BCUT2D eigenvalue weighted by Crippen LogP contribution is -2.10. The van der Waals surface area contributed by atoms with E-state index >= 15 is 0 Å². The van der Waals surface area contributed by atoms with Crippen LogP contribution in [0.4, 0.5) is 13.2 Å². The molecule has 0 aliphatic carbocycles. The molecule has 0 spiro atoms. The van der Waals surface area contributed by atoms with Crippen molar-refractivity contribution in [3.63, 3.8) is 0 Å². The Morgan fingerprint density at radius 1 is 1.07 bits per heavy atom. The average Bonchev–Trinajstić information content (AvgIpc) is 2.69. The van der Waals surface area contributed by atoms with Gasteiger partial charge in [-0.2, -0.15) is 18.3 Å². The molecule has 2 heterocycles. The number of pyridine rings is 1. The number of alkyl halides is 3. The van der Waals surface area contributed by atoms with Crippen LogP contribution in [0.25, 0.3) is 11.3 Å². The summed E-state index contributed by atoms with van der Waals surface area (Å²) < 4.78 is 44.1. The molecule has 3 rings (SSSR count). The summed E-state index contributed by atoms with van der Waals surface area (Å²) in [5.41, 5.74) is 2.28. The third-order valence-electron chi connectivity index (χ3n) is 4.60. The van der Waals surface area contributed by atoms with Gasteiger partial charge in [-0.3, -0.25) is 4.98 Å². The summed E-state index contributed by atoms with van der Waals surface area (Å²) in [4.78, 5) is 3.98. The van der Waals surface area contributed by atoms with Crippen LogP contribution in [-0.4, -0.2) is 27.4 Å². The zero-order chi connectivity index (χ0) is 20.5. The zero-order valence-corrected chi connectivity index (χ0v) is 15.4. The van der Waals surface area contributed by atoms with Crippen LogP contribution in [0, 0.1) is 13.8 Å². The van der Waals surface area contributed by atoms with Crippen LogP contribution in [0.2, 0.25) is 0 Å². The number of hydrogen-bond donors (Lipinski definition) is 1. The lowest BCUT2D eigenvalue weighted by Gasteiger charge is -2.17. The van der Waals surface area contributed by atoms with Crippen molar-refractivity contribution in [2.45, 2.75) is 26.1 Å². The highest BCUT2D eigenvalue weighted by Crippen LogP contribution is 2.38. The molecule has 0 aliphatic rings. The molecule has 1 unspecified atom stereocenters. The molecule has 0 saturated heterocycles. The van der Waals surface area contributed by atoms with Crippen molar-refractivity contribution in [1.29, 1.82) is 0 Å². The Hall–Kier alpha value is -3.00. The van der Waals surface area contributed by atoms with Crippen LogP contribution in [0.1, 0.15) is 34.1 Å². The summed E-state index contributed by atoms with van der Waals surface area (Å²) in [7, 11) is 1.30. The second kappa shape index (κ2) is 7.55. The van der Waals surface area contributed by atoms with Crippen molar-refractivity contribution in [2.75, 3.05) is 7.11 Å². The molecule has 1 aromatic carbocycles. The minimum atomic E-state index is -4.47. The molecule has 5 nitrogen and oxygen atoms in total. The SMILES string of the molecule is COc1cc(C(F)(F)F)ccc1-c1nnc(C(O)c2cccnc2)c(C)c1C. The van der Waals surface area contributed by atoms with E-state index in [-0.39, 0.29) is 5.75 Å². The van der Waals surface area contributed by atoms with Crippen LogP contribution in [-0.2, 0) is 6.18 Å². The van der Waals surface area contributed by atoms with Crippen molar-refractivity contribution in [3.05, 3.63) is 70.7 Å². The van der Waals surface area contributed by atoms with E-state index in [0.29, 0.717) is 33.6 Å². The first-order valence-electron chi connectivity index (χ1n) is 8.41. The number of hydrogen-bond acceptors (Lipinski definition) is 5. The van der Waals surface area contributed by atoms with E-state index in [1.54, 1.807) is 32.2 Å². The van der Waals surface area contributed by atoms with Crippen molar-refractivity contribution in [2.24, 2.45) is 0 Å². The largest absolute Gasteiger partial charge is 0.496 e. The van der Waals surface area contributed by atoms with Gasteiger partial charge in [0.25, 0.3) is 0 Å². The van der Waals surface area contributed by atoms with Crippen LogP contribution >= 0.6 is 0 Å². The normalized spacial score (nSPS) is 12.7. The molecular formula is C20H18F3N3O2. The molecule has 1 atom stereocenters. The number of aliphatic hydroxyl groups excluding tert-OH is 1. The Labute approximate surface area is 159 Å². The standard InChI is InChI=1S/C20H18F3N3O2/c1-11-12(2)18(19(27)13-5-4-8-24-10-13)26-25-17(11)15-7-6-14(20(21,22)23)9-16(15)28-3/h4-10,19,27H,1-3H3. The topological polar surface area (TPSA) is 68.1 Å². The van der Waals surface area contributed by atoms with E-state index in [1.165, 1.54) is 19.4 Å². The van der Waals surface area contributed by atoms with Gasteiger partial charge in [0.1, 0.15) is 11.9 Å². The van der Waals surface area contributed by atoms with Gasteiger partial charge in [0.2, 0.25) is 0 Å². The third kappa shape index (κ3) is 3.68. The summed E-state index contributed by atoms with van der Waals surface area (Å²) in [6.07, 6.45) is -2.35. The summed E-state index contributed by atoms with van der Waals surface area (Å²) in [5, 5.41) is 18.9. The maximum Gasteiger partial charge on any atom is 0.416 e. The van der Waals surface area contributed by atoms with Gasteiger partial charge in [0, 0.05) is 23.5 Å². The molecule has 0 fully saturated rings. The van der Waals surface area contributed by atoms with Crippen molar-refractivity contribution in [3.8, 4) is 17.0 Å². The lowest BCUT2D eigenvalue weighted by atomic mass is 9.97. The molecule has 0 bridgehead atoms. The number of ether oxygens (including phenoxy) is 1. The van der Waals surface area contributed by atoms with Gasteiger partial charge in [0.05, 0.1) is 24.1 Å². The Balaban J connectivity index is 2.07. The minimum Gasteiger partial charge on any atom is -0.496 e. The first-order valence-corrected chi connectivity index (χ1v) is 8.41. The maximum absolute atomic E-state index is 13.0. The Bertz CT molecular complexity index is 992. The molecule has 28 heavy (non-hydrogen) atoms. The number of aliphatic hydroxyl groups is 1. The van der Waals surface area contributed by atoms with Crippen LogP contribution in [0.5, 0.6) is 5.75 Å². The van der Waals surface area contributed by atoms with E-state index in [1.807, 2.05) is 0 Å². The summed E-state index contributed by atoms with van der Waals surface area (Å²) in [6, 6.07) is 6.66. The molecule has 0 amide bonds. The molecular weight excluding hydrogens is 371 g/mol. The van der Waals surface area contributed by atoms with E-state index < -0.39 is 17.8 Å². The molecule has 3 aromatic rings. The second-order valence-corrected chi connectivity index (χ2v) is 6.29. The first-order chi connectivity index (χ1) is 13.2. The molecule has 8 heteroatoms. The number of halogens is 3. The second-order valence-electron chi connectivity index (χ2n) is 6.29. The van der Waals surface area contributed by atoms with Crippen LogP contribution in [0.3, 0.4) is 0 Å². The quantitative estimate of drug-likeness (QED) is 0.722. The Kier molecular flexibility index (Phi) is 5.33. The van der Waals surface area contributed by atoms with Crippen LogP contribution in [0.15, 0.2) is 42.7 Å². The number of methoxy groups -OCH3 is 1. The summed E-state index contributed by atoms with van der Waals surface area (Å²) >= 11 is 0. The molecule has 0 aliphatic heterocycles. The monoisotopic (exact) mass is 389 g/mol. The van der Waals surface area contributed by atoms with E-state index in [9.17, 15) is 18.3 Å². The van der Waals surface area contributed by atoms with Gasteiger partial charge in [-0.05, 0) is 49.2 Å². The van der Waals surface area contributed by atoms with Crippen LogP contribution < -0.4 is 4.74 Å². The average molecular weight is 389 g/mol. The predicted octanol–water partition coefficient (Wildman–Crippen LogP) is 4.26. The van der Waals surface area contributed by atoms with Crippen molar-refractivity contribution in [1.82, 2.24) is 15.2 Å². The highest BCUT2D eigenvalue weighted by atomic mass is 19.4. The molecule has 0 radical (unpaired) electrons. The van der Waals surface area contributed by atoms with Gasteiger partial charge in [0.15, 0.2) is 0 Å². The molecule has 2 aromatic heterocycles. The van der Waals surface area contributed by atoms with E-state index in [0.717, 1.165) is 12.1 Å². The number of aromatic nitrogens is 3. The smallest absolute Gasteiger partial charge is 0.416 e. The van der Waals surface area contributed by atoms with Gasteiger partial charge in [-0.1, -0.05) is 6.07 Å². The fourth-order valence-corrected chi connectivity index (χ4v) is 2.90. The summed E-state index contributed by atoms with van der Waals surface area (Å²) in [6.45, 7) is 3.55. The highest BCUT2D eigenvalue weighted by molar-refractivity contribution is 5.71. The number of benzene rings is 1. The highest BCUT2D eigenvalue weighted by Gasteiger charge is 2.32. The lowest BCUT2D eigenvalue weighted by molar-refractivity contribution is -0.137. The summed E-state index contributed by atoms with van der Waals surface area (Å²) in [5.74, 6) is 0.0483. The predicted molar refractivity (Wildman–Crippen MR) is 96.8 cm³/mol. The molecule has 1 N–H and O–H groups in total. The van der Waals surface area contributed by atoms with Gasteiger partial charge < -0.3 is 9.84 Å². The third-order valence-corrected chi connectivity index (χ3v) is 4.60. The zero-order valence-electron chi connectivity index (χ0n) is 15.4. The fraction of sp³-hybridized carbons (Fsp3) is 0.250. The number of nitrogens with zero attached hydrogens (tertiary/aromatic N) is 3. The van der Waals surface area contributed by atoms with Crippen molar-refractivity contribution < 1.29 is 23.0 Å². The molecule has 0 saturated carbocycles. The van der Waals surface area contributed by atoms with Gasteiger partial charge in [-0.15, -0.1) is 5.10 Å². The van der Waals surface area contributed by atoms with Gasteiger partial charge >= 0.3 is 6.18 Å². The number of rotatable bonds is 4. The van der Waals surface area contributed by atoms with E-state index in [4.69, 9.17) is 4.74 Å². The fourth-order valence-electron chi connectivity index (χ4n) is 2.90. The van der Waals surface area contributed by atoms with Crippen molar-refractivity contribution >= 4 is 0 Å². The Morgan fingerprint density at radius 2 is 1.82 bits per heavy atom. The van der Waals surface area contributed by atoms with Gasteiger partial charge in [-0.25, -0.2) is 0 Å². The molecule has 146 valence electrons. The minimum absolute atomic E-state index is 0.0483. The Morgan fingerprint density at radius 3 is 2.43 bits per heavy atom. The van der Waals surface area contributed by atoms with E-state index in [2.05, 4.69) is 15.2 Å². The first kappa shape index (κ1) is 19.8.